The molecule has 2 aromatic rings. The minimum absolute atomic E-state index is 0.286. The van der Waals surface area contributed by atoms with Crippen molar-refractivity contribution in [2.45, 2.75) is 18.4 Å². The molecule has 0 amide bonds. The van der Waals surface area contributed by atoms with E-state index in [0.717, 1.165) is 10.4 Å². The van der Waals surface area contributed by atoms with Crippen molar-refractivity contribution in [1.82, 2.24) is 10.3 Å². The molecule has 0 spiro atoms. The largest absolute Gasteiger partial charge is 0.315 e. The number of hydrogen-bond donors (Lipinski definition) is 2. The van der Waals surface area contributed by atoms with Crippen molar-refractivity contribution in [2.75, 3.05) is 11.8 Å². The van der Waals surface area contributed by atoms with E-state index in [0.29, 0.717) is 15.9 Å². The van der Waals surface area contributed by atoms with Gasteiger partial charge in [0.25, 0.3) is 10.0 Å². The topological polar surface area (TPSA) is 71.1 Å². The first-order valence-electron chi connectivity index (χ1n) is 5.80. The second kappa shape index (κ2) is 6.21. The van der Waals surface area contributed by atoms with E-state index < -0.39 is 10.0 Å². The third-order valence-electron chi connectivity index (χ3n) is 2.58. The standard InChI is InChI=1S/C12H14BrN3O2S2/c1-8-7-19-10(6-14-2)11(8)20(17,18)16-12-9(13)4-3-5-15-12/h3-5,7,14H,6H2,1-2H3,(H,15,16). The summed E-state index contributed by atoms with van der Waals surface area (Å²) >= 11 is 4.71. The molecule has 0 aliphatic heterocycles. The number of aromatic nitrogens is 1. The Hall–Kier alpha value is -0.960. The number of pyridine rings is 1. The number of thiophene rings is 1. The first-order valence-corrected chi connectivity index (χ1v) is 8.96. The second-order valence-electron chi connectivity index (χ2n) is 4.14. The molecule has 0 atom stereocenters. The van der Waals surface area contributed by atoms with Crippen LogP contribution in [0.5, 0.6) is 0 Å². The van der Waals surface area contributed by atoms with Gasteiger partial charge in [-0.15, -0.1) is 11.3 Å². The summed E-state index contributed by atoms with van der Waals surface area (Å²) in [5.41, 5.74) is 0.736. The zero-order valence-electron chi connectivity index (χ0n) is 11.0. The van der Waals surface area contributed by atoms with Crippen LogP contribution >= 0.6 is 27.3 Å². The number of hydrogen-bond acceptors (Lipinski definition) is 5. The van der Waals surface area contributed by atoms with Crippen molar-refractivity contribution < 1.29 is 8.42 Å². The van der Waals surface area contributed by atoms with Gasteiger partial charge in [-0.25, -0.2) is 13.4 Å². The Morgan fingerprint density at radius 2 is 2.20 bits per heavy atom. The molecule has 0 bridgehead atoms. The minimum Gasteiger partial charge on any atom is -0.315 e. The molecule has 0 radical (unpaired) electrons. The Labute approximate surface area is 130 Å². The van der Waals surface area contributed by atoms with Gasteiger partial charge in [-0.3, -0.25) is 4.72 Å². The molecular formula is C12H14BrN3O2S2. The number of nitrogens with zero attached hydrogens (tertiary/aromatic N) is 1. The van der Waals surface area contributed by atoms with Gasteiger partial charge in [-0.2, -0.15) is 0 Å². The summed E-state index contributed by atoms with van der Waals surface area (Å²) in [6.45, 7) is 2.30. The lowest BCUT2D eigenvalue weighted by molar-refractivity contribution is 0.599. The van der Waals surface area contributed by atoms with Crippen LogP contribution in [0.25, 0.3) is 0 Å². The van der Waals surface area contributed by atoms with E-state index in [9.17, 15) is 8.42 Å². The molecule has 8 heteroatoms. The van der Waals surface area contributed by atoms with Crippen LogP contribution in [0, 0.1) is 6.92 Å². The van der Waals surface area contributed by atoms with Gasteiger partial charge in [-0.1, -0.05) is 0 Å². The van der Waals surface area contributed by atoms with Gasteiger partial charge in [0.2, 0.25) is 0 Å². The highest BCUT2D eigenvalue weighted by Gasteiger charge is 2.23. The Morgan fingerprint density at radius 1 is 1.45 bits per heavy atom. The lowest BCUT2D eigenvalue weighted by Crippen LogP contribution is -2.17. The molecule has 0 aliphatic carbocycles. The van der Waals surface area contributed by atoms with Crippen LogP contribution in [0.1, 0.15) is 10.4 Å². The molecule has 0 fully saturated rings. The van der Waals surface area contributed by atoms with Crippen molar-refractivity contribution in [3.63, 3.8) is 0 Å². The van der Waals surface area contributed by atoms with Crippen LogP contribution in [0.15, 0.2) is 33.1 Å². The van der Waals surface area contributed by atoms with Crippen LogP contribution in [0.4, 0.5) is 5.82 Å². The summed E-state index contributed by atoms with van der Waals surface area (Å²) in [5.74, 6) is 0.286. The highest BCUT2D eigenvalue weighted by molar-refractivity contribution is 9.10. The Bertz CT molecular complexity index is 713. The zero-order chi connectivity index (χ0) is 14.8. The molecule has 0 aromatic carbocycles. The first kappa shape index (κ1) is 15.4. The van der Waals surface area contributed by atoms with Crippen LogP contribution < -0.4 is 10.0 Å². The van der Waals surface area contributed by atoms with E-state index in [4.69, 9.17) is 0 Å². The van der Waals surface area contributed by atoms with E-state index in [-0.39, 0.29) is 5.82 Å². The highest BCUT2D eigenvalue weighted by atomic mass is 79.9. The zero-order valence-corrected chi connectivity index (χ0v) is 14.2. The number of sulfonamides is 1. The third-order valence-corrected chi connectivity index (χ3v) is 6.03. The smallest absolute Gasteiger partial charge is 0.264 e. The molecule has 0 unspecified atom stereocenters. The van der Waals surface area contributed by atoms with Crippen LogP contribution in [0.3, 0.4) is 0 Å². The first-order chi connectivity index (χ1) is 9.45. The van der Waals surface area contributed by atoms with Crippen molar-refractivity contribution in [2.24, 2.45) is 0 Å². The summed E-state index contributed by atoms with van der Waals surface area (Å²) < 4.78 is 28.2. The molecule has 2 rings (SSSR count). The normalized spacial score (nSPS) is 11.6. The van der Waals surface area contributed by atoms with E-state index in [2.05, 4.69) is 31.0 Å². The van der Waals surface area contributed by atoms with Gasteiger partial charge in [0, 0.05) is 17.6 Å². The molecule has 2 aromatic heterocycles. The SMILES string of the molecule is CNCc1scc(C)c1S(=O)(=O)Nc1ncccc1Br. The Morgan fingerprint density at radius 3 is 2.85 bits per heavy atom. The monoisotopic (exact) mass is 375 g/mol. The predicted molar refractivity (Wildman–Crippen MR) is 84.6 cm³/mol. The van der Waals surface area contributed by atoms with Crippen LogP contribution in [0.2, 0.25) is 0 Å². The Balaban J connectivity index is 2.41. The van der Waals surface area contributed by atoms with E-state index in [1.165, 1.54) is 17.5 Å². The molecule has 20 heavy (non-hydrogen) atoms. The molecule has 0 saturated heterocycles. The molecule has 2 N–H and O–H groups in total. The van der Waals surface area contributed by atoms with Crippen LogP contribution in [-0.2, 0) is 16.6 Å². The maximum atomic E-state index is 12.5. The fourth-order valence-corrected chi connectivity index (χ4v) is 5.11. The van der Waals surface area contributed by atoms with Gasteiger partial charge in [-0.05, 0) is 53.0 Å². The molecule has 5 nitrogen and oxygen atoms in total. The summed E-state index contributed by atoms with van der Waals surface area (Å²) in [4.78, 5) is 5.14. The van der Waals surface area contributed by atoms with Crippen molar-refractivity contribution in [1.29, 1.82) is 0 Å². The number of anilines is 1. The summed E-state index contributed by atoms with van der Waals surface area (Å²) in [7, 11) is -1.86. The molecule has 108 valence electrons. The molecule has 2 heterocycles. The number of halogens is 1. The van der Waals surface area contributed by atoms with Gasteiger partial charge < -0.3 is 5.32 Å². The van der Waals surface area contributed by atoms with Gasteiger partial charge >= 0.3 is 0 Å². The highest BCUT2D eigenvalue weighted by Crippen LogP contribution is 2.29. The lowest BCUT2D eigenvalue weighted by atomic mass is 10.3. The average molecular weight is 376 g/mol. The number of aryl methyl sites for hydroxylation is 1. The van der Waals surface area contributed by atoms with Crippen molar-refractivity contribution in [3.05, 3.63) is 38.6 Å². The maximum absolute atomic E-state index is 12.5. The average Bonchev–Trinajstić information content (AvgIpc) is 2.74. The second-order valence-corrected chi connectivity index (χ2v) is 7.58. The summed E-state index contributed by atoms with van der Waals surface area (Å²) in [6, 6.07) is 3.46. The van der Waals surface area contributed by atoms with Crippen LogP contribution in [-0.4, -0.2) is 20.4 Å². The van der Waals surface area contributed by atoms with E-state index in [1.54, 1.807) is 26.1 Å². The van der Waals surface area contributed by atoms with Gasteiger partial charge in [0.05, 0.1) is 4.47 Å². The Kier molecular flexibility index (Phi) is 4.79. The number of rotatable bonds is 5. The maximum Gasteiger partial charge on any atom is 0.264 e. The number of nitrogens with one attached hydrogen (secondary N) is 2. The third kappa shape index (κ3) is 3.20. The minimum atomic E-state index is -3.65. The van der Waals surface area contributed by atoms with E-state index in [1.807, 2.05) is 5.38 Å². The van der Waals surface area contributed by atoms with E-state index >= 15 is 0 Å². The quantitative estimate of drug-likeness (QED) is 0.842. The van der Waals surface area contributed by atoms with Gasteiger partial charge in [0.15, 0.2) is 5.82 Å². The molecule has 0 aliphatic rings. The fourth-order valence-electron chi connectivity index (χ4n) is 1.77. The molecular weight excluding hydrogens is 362 g/mol. The fraction of sp³-hybridized carbons (Fsp3) is 0.250. The lowest BCUT2D eigenvalue weighted by Gasteiger charge is -2.10. The summed E-state index contributed by atoms with van der Waals surface area (Å²) in [5, 5.41) is 4.82. The van der Waals surface area contributed by atoms with Crippen molar-refractivity contribution >= 4 is 43.1 Å². The molecule has 0 saturated carbocycles. The predicted octanol–water partition coefficient (Wildman–Crippen LogP) is 2.73. The van der Waals surface area contributed by atoms with Crippen molar-refractivity contribution in [3.8, 4) is 0 Å². The summed E-state index contributed by atoms with van der Waals surface area (Å²) in [6.07, 6.45) is 1.54. The van der Waals surface area contributed by atoms with Gasteiger partial charge in [0.1, 0.15) is 4.90 Å².